The lowest BCUT2D eigenvalue weighted by Gasteiger charge is -2.37. The summed E-state index contributed by atoms with van der Waals surface area (Å²) in [5, 5.41) is 3.71. The van der Waals surface area contributed by atoms with Crippen LogP contribution in [0, 0.1) is 11.2 Å². The van der Waals surface area contributed by atoms with Crippen LogP contribution in [0.25, 0.3) is 0 Å². The Balaban J connectivity index is 2.79. The molecule has 1 unspecified atom stereocenters. The third-order valence-corrected chi connectivity index (χ3v) is 3.22. The van der Waals surface area contributed by atoms with Crippen LogP contribution in [-0.2, 0) is 0 Å². The monoisotopic (exact) mass is 265 g/mol. The summed E-state index contributed by atoms with van der Waals surface area (Å²) in [4.78, 5) is 0. The van der Waals surface area contributed by atoms with Crippen LogP contribution in [-0.4, -0.2) is 5.54 Å². The molecule has 1 N–H and O–H groups in total. The first-order valence-corrected chi connectivity index (χ1v) is 7.16. The van der Waals surface area contributed by atoms with Crippen molar-refractivity contribution < 1.29 is 4.39 Å². The minimum Gasteiger partial charge on any atom is -0.305 e. The molecule has 0 aliphatic carbocycles. The lowest BCUT2D eigenvalue weighted by Crippen LogP contribution is -2.44. The predicted octanol–water partition coefficient (Wildman–Crippen LogP) is 5.08. The van der Waals surface area contributed by atoms with Gasteiger partial charge < -0.3 is 5.32 Å². The molecule has 108 valence electrons. The minimum absolute atomic E-state index is 0.0628. The second-order valence-electron chi connectivity index (χ2n) is 7.28. The summed E-state index contributed by atoms with van der Waals surface area (Å²) in [6.07, 6.45) is 2.09. The molecule has 0 saturated carbocycles. The summed E-state index contributed by atoms with van der Waals surface area (Å²) in [5.74, 6) is -0.174. The first kappa shape index (κ1) is 16.2. The molecule has 0 fully saturated rings. The van der Waals surface area contributed by atoms with E-state index in [0.29, 0.717) is 0 Å². The fourth-order valence-corrected chi connectivity index (χ4v) is 2.96. The summed E-state index contributed by atoms with van der Waals surface area (Å²) < 4.78 is 13.0. The molecule has 1 nitrogen and oxygen atoms in total. The van der Waals surface area contributed by atoms with Crippen molar-refractivity contribution in [2.45, 2.75) is 66.0 Å². The van der Waals surface area contributed by atoms with Gasteiger partial charge in [-0.1, -0.05) is 39.8 Å². The predicted molar refractivity (Wildman–Crippen MR) is 80.7 cm³/mol. The molecule has 1 aromatic rings. The van der Waals surface area contributed by atoms with Crippen LogP contribution in [0.15, 0.2) is 24.3 Å². The second kappa shape index (κ2) is 6.04. The molecule has 0 aromatic heterocycles. The van der Waals surface area contributed by atoms with Gasteiger partial charge in [-0.3, -0.25) is 0 Å². The van der Waals surface area contributed by atoms with Gasteiger partial charge in [-0.15, -0.1) is 0 Å². The fraction of sp³-hybridized carbons (Fsp3) is 0.647. The quantitative estimate of drug-likeness (QED) is 0.782. The van der Waals surface area contributed by atoms with Crippen molar-refractivity contribution >= 4 is 0 Å². The van der Waals surface area contributed by atoms with Gasteiger partial charge in [0.25, 0.3) is 0 Å². The molecule has 0 amide bonds. The molecule has 0 heterocycles. The summed E-state index contributed by atoms with van der Waals surface area (Å²) in [6.45, 7) is 13.4. The molecule has 1 rings (SSSR count). The van der Waals surface area contributed by atoms with Crippen LogP contribution in [0.2, 0.25) is 0 Å². The van der Waals surface area contributed by atoms with Crippen molar-refractivity contribution in [3.63, 3.8) is 0 Å². The molecular weight excluding hydrogens is 237 g/mol. The number of hydrogen-bond acceptors (Lipinski definition) is 1. The lowest BCUT2D eigenvalue weighted by molar-refractivity contribution is 0.220. The van der Waals surface area contributed by atoms with Crippen LogP contribution < -0.4 is 5.32 Å². The van der Waals surface area contributed by atoms with Crippen molar-refractivity contribution in [2.75, 3.05) is 0 Å². The van der Waals surface area contributed by atoms with Gasteiger partial charge in [-0.2, -0.15) is 0 Å². The normalized spacial score (nSPS) is 14.5. The van der Waals surface area contributed by atoms with E-state index in [2.05, 4.69) is 46.9 Å². The van der Waals surface area contributed by atoms with Crippen LogP contribution in [0.5, 0.6) is 0 Å². The van der Waals surface area contributed by atoms with E-state index in [1.807, 2.05) is 12.1 Å². The second-order valence-corrected chi connectivity index (χ2v) is 7.28. The van der Waals surface area contributed by atoms with Crippen molar-refractivity contribution in [2.24, 2.45) is 5.41 Å². The van der Waals surface area contributed by atoms with E-state index in [1.165, 1.54) is 12.1 Å². The van der Waals surface area contributed by atoms with E-state index < -0.39 is 0 Å². The Kier molecular flexibility index (Phi) is 5.14. The summed E-state index contributed by atoms with van der Waals surface area (Å²) >= 11 is 0. The standard InChI is InChI=1S/C17H28FN/c1-7-15(13-8-10-14(18)11-9-13)19-17(5,6)12-16(2,3)4/h8-11,15,19H,7,12H2,1-6H3. The highest BCUT2D eigenvalue weighted by Gasteiger charge is 2.27. The Morgan fingerprint density at radius 1 is 1.05 bits per heavy atom. The third-order valence-electron chi connectivity index (χ3n) is 3.22. The van der Waals surface area contributed by atoms with Gasteiger partial charge >= 0.3 is 0 Å². The Hall–Kier alpha value is -0.890. The number of hydrogen-bond donors (Lipinski definition) is 1. The van der Waals surface area contributed by atoms with Crippen molar-refractivity contribution in [3.8, 4) is 0 Å². The fourth-order valence-electron chi connectivity index (χ4n) is 2.96. The van der Waals surface area contributed by atoms with E-state index in [4.69, 9.17) is 0 Å². The zero-order valence-electron chi connectivity index (χ0n) is 13.2. The van der Waals surface area contributed by atoms with E-state index in [9.17, 15) is 4.39 Å². The largest absolute Gasteiger partial charge is 0.305 e. The zero-order valence-corrected chi connectivity index (χ0v) is 13.2. The van der Waals surface area contributed by atoms with Gasteiger partial charge in [0, 0.05) is 11.6 Å². The number of halogens is 1. The maximum Gasteiger partial charge on any atom is 0.123 e. The van der Waals surface area contributed by atoms with Crippen LogP contribution in [0.4, 0.5) is 4.39 Å². The van der Waals surface area contributed by atoms with E-state index >= 15 is 0 Å². The molecule has 1 atom stereocenters. The summed E-state index contributed by atoms with van der Waals surface area (Å²) in [6, 6.07) is 7.11. The van der Waals surface area contributed by atoms with Crippen molar-refractivity contribution in [1.29, 1.82) is 0 Å². The Morgan fingerprint density at radius 3 is 2.00 bits per heavy atom. The molecular formula is C17H28FN. The smallest absolute Gasteiger partial charge is 0.123 e. The molecule has 2 heteroatoms. The highest BCUT2D eigenvalue weighted by Crippen LogP contribution is 2.30. The summed E-state index contributed by atoms with van der Waals surface area (Å²) in [5.41, 5.74) is 1.51. The molecule has 0 bridgehead atoms. The van der Waals surface area contributed by atoms with Gasteiger partial charge in [0.2, 0.25) is 0 Å². The number of nitrogens with one attached hydrogen (secondary N) is 1. The summed E-state index contributed by atoms with van der Waals surface area (Å²) in [7, 11) is 0. The third kappa shape index (κ3) is 5.73. The maximum atomic E-state index is 13.0. The molecule has 0 aliphatic rings. The SMILES string of the molecule is CCC(NC(C)(C)CC(C)(C)C)c1ccc(F)cc1. The van der Waals surface area contributed by atoms with E-state index in [0.717, 1.165) is 18.4 Å². The zero-order chi connectivity index (χ0) is 14.7. The molecule has 0 radical (unpaired) electrons. The van der Waals surface area contributed by atoms with Gasteiger partial charge in [0.05, 0.1) is 0 Å². The Bertz CT molecular complexity index is 387. The van der Waals surface area contributed by atoms with Gasteiger partial charge in [-0.25, -0.2) is 4.39 Å². The first-order chi connectivity index (χ1) is 8.63. The van der Waals surface area contributed by atoms with E-state index in [1.54, 1.807) is 0 Å². The minimum atomic E-state index is -0.174. The molecule has 19 heavy (non-hydrogen) atoms. The highest BCUT2D eigenvalue weighted by molar-refractivity contribution is 5.20. The van der Waals surface area contributed by atoms with Crippen LogP contribution in [0.3, 0.4) is 0 Å². The van der Waals surface area contributed by atoms with Gasteiger partial charge in [-0.05, 0) is 49.8 Å². The molecule has 0 saturated heterocycles. The van der Waals surface area contributed by atoms with Gasteiger partial charge in [0.1, 0.15) is 5.82 Å². The number of rotatable bonds is 5. The maximum absolute atomic E-state index is 13.0. The van der Waals surface area contributed by atoms with Crippen LogP contribution in [0.1, 0.15) is 66.0 Å². The number of benzene rings is 1. The van der Waals surface area contributed by atoms with E-state index in [-0.39, 0.29) is 22.8 Å². The molecule has 0 aliphatic heterocycles. The molecule has 0 spiro atoms. The van der Waals surface area contributed by atoms with Crippen molar-refractivity contribution in [3.05, 3.63) is 35.6 Å². The van der Waals surface area contributed by atoms with Crippen molar-refractivity contribution in [1.82, 2.24) is 5.32 Å². The van der Waals surface area contributed by atoms with Crippen LogP contribution >= 0.6 is 0 Å². The Labute approximate surface area is 117 Å². The lowest BCUT2D eigenvalue weighted by atomic mass is 9.81. The average molecular weight is 265 g/mol. The molecule has 1 aromatic carbocycles. The average Bonchev–Trinajstić information content (AvgIpc) is 2.24. The Morgan fingerprint density at radius 2 is 1.58 bits per heavy atom. The highest BCUT2D eigenvalue weighted by atomic mass is 19.1. The topological polar surface area (TPSA) is 12.0 Å². The first-order valence-electron chi connectivity index (χ1n) is 7.16. The van der Waals surface area contributed by atoms with Gasteiger partial charge in [0.15, 0.2) is 0 Å².